The summed E-state index contributed by atoms with van der Waals surface area (Å²) in [5.74, 6) is -0.440. The van der Waals surface area contributed by atoms with Gasteiger partial charge in [0.05, 0.1) is 6.54 Å². The highest BCUT2D eigenvalue weighted by Gasteiger charge is 2.15. The van der Waals surface area contributed by atoms with Crippen LogP contribution in [-0.4, -0.2) is 37.6 Å². The summed E-state index contributed by atoms with van der Waals surface area (Å²) in [5, 5.41) is 0. The van der Waals surface area contributed by atoms with Crippen molar-refractivity contribution < 1.29 is 13.9 Å². The maximum absolute atomic E-state index is 13.2. The highest BCUT2D eigenvalue weighted by Crippen LogP contribution is 2.15. The molecule has 0 saturated heterocycles. The molecule has 0 radical (unpaired) electrons. The van der Waals surface area contributed by atoms with E-state index in [0.29, 0.717) is 13.1 Å². The molecule has 0 fully saturated rings. The van der Waals surface area contributed by atoms with E-state index in [1.807, 2.05) is 0 Å². The summed E-state index contributed by atoms with van der Waals surface area (Å²) in [6.07, 6.45) is 0. The van der Waals surface area contributed by atoms with Gasteiger partial charge in [-0.3, -0.25) is 4.79 Å². The third kappa shape index (κ3) is 4.00. The third-order valence-electron chi connectivity index (χ3n) is 2.67. The van der Waals surface area contributed by atoms with E-state index in [9.17, 15) is 9.18 Å². The number of ether oxygens (including phenoxy) is 1. The van der Waals surface area contributed by atoms with E-state index in [-0.39, 0.29) is 24.2 Å². The Labute approximate surface area is 107 Å². The van der Waals surface area contributed by atoms with Gasteiger partial charge in [0.15, 0.2) is 11.6 Å². The molecule has 0 heterocycles. The van der Waals surface area contributed by atoms with Crippen molar-refractivity contribution in [3.8, 4) is 5.75 Å². The first-order valence-corrected chi connectivity index (χ1v) is 5.88. The van der Waals surface area contributed by atoms with Gasteiger partial charge in [-0.05, 0) is 12.1 Å². The van der Waals surface area contributed by atoms with Gasteiger partial charge in [0, 0.05) is 19.5 Å². The number of carbonyl (C=O) groups excluding carboxylic acids is 1. The fourth-order valence-electron chi connectivity index (χ4n) is 1.44. The SMILES string of the molecule is CC(CN)C(=O)N(C)CCOc1ccccc1F. The lowest BCUT2D eigenvalue weighted by Crippen LogP contribution is -2.37. The van der Waals surface area contributed by atoms with Crippen LogP contribution in [0.4, 0.5) is 4.39 Å². The Kier molecular flexibility index (Phi) is 5.58. The monoisotopic (exact) mass is 254 g/mol. The molecule has 0 bridgehead atoms. The maximum Gasteiger partial charge on any atom is 0.226 e. The van der Waals surface area contributed by atoms with Gasteiger partial charge in [0.2, 0.25) is 5.91 Å². The Morgan fingerprint density at radius 3 is 2.78 bits per heavy atom. The van der Waals surface area contributed by atoms with Crippen molar-refractivity contribution in [2.45, 2.75) is 6.92 Å². The lowest BCUT2D eigenvalue weighted by molar-refractivity contribution is -0.133. The fraction of sp³-hybridized carbons (Fsp3) is 0.462. The van der Waals surface area contributed by atoms with E-state index in [4.69, 9.17) is 10.5 Å². The van der Waals surface area contributed by atoms with Gasteiger partial charge < -0.3 is 15.4 Å². The minimum absolute atomic E-state index is 0.0327. The van der Waals surface area contributed by atoms with Crippen molar-refractivity contribution in [2.24, 2.45) is 11.7 Å². The first-order valence-electron chi connectivity index (χ1n) is 5.88. The quantitative estimate of drug-likeness (QED) is 0.831. The van der Waals surface area contributed by atoms with E-state index < -0.39 is 5.82 Å². The summed E-state index contributed by atoms with van der Waals surface area (Å²) >= 11 is 0. The summed E-state index contributed by atoms with van der Waals surface area (Å²) in [7, 11) is 1.68. The molecule has 18 heavy (non-hydrogen) atoms. The van der Waals surface area contributed by atoms with E-state index in [2.05, 4.69) is 0 Å². The Morgan fingerprint density at radius 1 is 1.50 bits per heavy atom. The minimum atomic E-state index is -0.401. The van der Waals surface area contributed by atoms with Crippen LogP contribution in [0.3, 0.4) is 0 Å². The summed E-state index contributed by atoms with van der Waals surface area (Å²) in [6.45, 7) is 2.74. The van der Waals surface area contributed by atoms with Crippen LogP contribution in [0.15, 0.2) is 24.3 Å². The Balaban J connectivity index is 2.38. The van der Waals surface area contributed by atoms with Crippen LogP contribution in [-0.2, 0) is 4.79 Å². The van der Waals surface area contributed by atoms with Crippen LogP contribution >= 0.6 is 0 Å². The average molecular weight is 254 g/mol. The molecule has 0 aliphatic heterocycles. The van der Waals surface area contributed by atoms with Crippen LogP contribution in [0.1, 0.15) is 6.92 Å². The van der Waals surface area contributed by atoms with E-state index in [1.165, 1.54) is 6.07 Å². The molecule has 0 aliphatic rings. The molecular weight excluding hydrogens is 235 g/mol. The number of hydrogen-bond acceptors (Lipinski definition) is 3. The normalized spacial score (nSPS) is 12.0. The topological polar surface area (TPSA) is 55.6 Å². The molecule has 1 aromatic rings. The fourth-order valence-corrected chi connectivity index (χ4v) is 1.44. The van der Waals surface area contributed by atoms with Crippen molar-refractivity contribution in [1.29, 1.82) is 0 Å². The molecular formula is C13H19FN2O2. The second-order valence-electron chi connectivity index (χ2n) is 4.18. The van der Waals surface area contributed by atoms with E-state index in [0.717, 1.165) is 0 Å². The number of nitrogens with zero attached hydrogens (tertiary/aromatic N) is 1. The molecule has 0 aromatic heterocycles. The van der Waals surface area contributed by atoms with Crippen molar-refractivity contribution in [2.75, 3.05) is 26.7 Å². The summed E-state index contributed by atoms with van der Waals surface area (Å²) in [6, 6.07) is 6.19. The van der Waals surface area contributed by atoms with Gasteiger partial charge in [-0.15, -0.1) is 0 Å². The number of halogens is 1. The van der Waals surface area contributed by atoms with Crippen molar-refractivity contribution in [3.63, 3.8) is 0 Å². The lowest BCUT2D eigenvalue weighted by Gasteiger charge is -2.20. The predicted octanol–water partition coefficient (Wildman–Crippen LogP) is 1.26. The maximum atomic E-state index is 13.2. The number of likely N-dealkylation sites (N-methyl/N-ethyl adjacent to an activating group) is 1. The summed E-state index contributed by atoms with van der Waals surface area (Å²) in [4.78, 5) is 13.2. The Bertz CT molecular complexity index is 398. The second-order valence-corrected chi connectivity index (χ2v) is 4.18. The standard InChI is InChI=1S/C13H19FN2O2/c1-10(9-15)13(17)16(2)7-8-18-12-6-4-3-5-11(12)14/h3-6,10H,7-9,15H2,1-2H3. The number of benzene rings is 1. The molecule has 0 spiro atoms. The molecule has 1 amide bonds. The van der Waals surface area contributed by atoms with Gasteiger partial charge in [-0.2, -0.15) is 0 Å². The van der Waals surface area contributed by atoms with Crippen LogP contribution < -0.4 is 10.5 Å². The first kappa shape index (κ1) is 14.4. The largest absolute Gasteiger partial charge is 0.489 e. The van der Waals surface area contributed by atoms with Crippen molar-refractivity contribution in [1.82, 2.24) is 4.90 Å². The molecule has 1 rings (SSSR count). The number of amides is 1. The highest BCUT2D eigenvalue weighted by molar-refractivity contribution is 5.78. The number of rotatable bonds is 6. The highest BCUT2D eigenvalue weighted by atomic mass is 19.1. The predicted molar refractivity (Wildman–Crippen MR) is 67.8 cm³/mol. The molecule has 0 aliphatic carbocycles. The number of para-hydroxylation sites is 1. The third-order valence-corrected chi connectivity index (χ3v) is 2.67. The Hall–Kier alpha value is -1.62. The van der Waals surface area contributed by atoms with Gasteiger partial charge in [0.1, 0.15) is 6.61 Å². The number of nitrogens with two attached hydrogens (primary N) is 1. The smallest absolute Gasteiger partial charge is 0.226 e. The molecule has 1 aromatic carbocycles. The second kappa shape index (κ2) is 6.96. The van der Waals surface area contributed by atoms with Gasteiger partial charge in [-0.1, -0.05) is 19.1 Å². The average Bonchev–Trinajstić information content (AvgIpc) is 2.39. The van der Waals surface area contributed by atoms with Crippen LogP contribution in [0, 0.1) is 11.7 Å². The molecule has 1 atom stereocenters. The molecule has 2 N–H and O–H groups in total. The first-order chi connectivity index (χ1) is 8.56. The van der Waals surface area contributed by atoms with Crippen LogP contribution in [0.5, 0.6) is 5.75 Å². The van der Waals surface area contributed by atoms with E-state index in [1.54, 1.807) is 37.1 Å². The van der Waals surface area contributed by atoms with Crippen LogP contribution in [0.2, 0.25) is 0 Å². The molecule has 0 saturated carbocycles. The summed E-state index contributed by atoms with van der Waals surface area (Å²) < 4.78 is 18.5. The lowest BCUT2D eigenvalue weighted by atomic mass is 10.1. The Morgan fingerprint density at radius 2 is 2.17 bits per heavy atom. The zero-order valence-electron chi connectivity index (χ0n) is 10.7. The molecule has 4 nitrogen and oxygen atoms in total. The zero-order valence-corrected chi connectivity index (χ0v) is 10.7. The van der Waals surface area contributed by atoms with Crippen LogP contribution in [0.25, 0.3) is 0 Å². The number of hydrogen-bond donors (Lipinski definition) is 1. The van der Waals surface area contributed by atoms with Gasteiger partial charge in [0.25, 0.3) is 0 Å². The minimum Gasteiger partial charge on any atom is -0.489 e. The number of carbonyl (C=O) groups is 1. The molecule has 1 unspecified atom stereocenters. The van der Waals surface area contributed by atoms with E-state index >= 15 is 0 Å². The van der Waals surface area contributed by atoms with Crippen molar-refractivity contribution >= 4 is 5.91 Å². The molecule has 5 heteroatoms. The zero-order chi connectivity index (χ0) is 13.5. The molecule has 100 valence electrons. The van der Waals surface area contributed by atoms with Crippen molar-refractivity contribution in [3.05, 3.63) is 30.1 Å². The summed E-state index contributed by atoms with van der Waals surface area (Å²) in [5.41, 5.74) is 5.42. The van der Waals surface area contributed by atoms with Gasteiger partial charge in [-0.25, -0.2) is 4.39 Å². The van der Waals surface area contributed by atoms with Gasteiger partial charge >= 0.3 is 0 Å².